The second-order valence-electron chi connectivity index (χ2n) is 5.07. The molecule has 98 valence electrons. The molecule has 5 nitrogen and oxygen atoms in total. The maximum absolute atomic E-state index is 11.6. The molecule has 2 aliphatic rings. The summed E-state index contributed by atoms with van der Waals surface area (Å²) in [6, 6.07) is 0.395. The average Bonchev–Trinajstić information content (AvgIpc) is 2.85. The second-order valence-corrected chi connectivity index (χ2v) is 7.30. The minimum absolute atomic E-state index is 0.0131. The zero-order valence-corrected chi connectivity index (χ0v) is 10.8. The summed E-state index contributed by atoms with van der Waals surface area (Å²) in [7, 11) is -2.86. The van der Waals surface area contributed by atoms with E-state index in [1.165, 1.54) is 6.42 Å². The van der Waals surface area contributed by atoms with E-state index in [0.29, 0.717) is 25.4 Å². The van der Waals surface area contributed by atoms with Crippen LogP contribution in [0, 0.1) is 5.92 Å². The van der Waals surface area contributed by atoms with Gasteiger partial charge in [-0.1, -0.05) is 0 Å². The van der Waals surface area contributed by atoms with Crippen LogP contribution in [0.1, 0.15) is 25.7 Å². The normalized spacial score (nSPS) is 31.5. The molecule has 2 aliphatic heterocycles. The molecule has 0 aromatic rings. The molecule has 0 radical (unpaired) electrons. The van der Waals surface area contributed by atoms with Crippen LogP contribution in [0.2, 0.25) is 0 Å². The fraction of sp³-hybridized carbons (Fsp3) is 0.909. The second kappa shape index (κ2) is 5.35. The van der Waals surface area contributed by atoms with Gasteiger partial charge >= 0.3 is 0 Å². The lowest BCUT2D eigenvalue weighted by Crippen LogP contribution is -2.37. The Bertz CT molecular complexity index is 374. The van der Waals surface area contributed by atoms with E-state index in [-0.39, 0.29) is 23.3 Å². The fourth-order valence-electron chi connectivity index (χ4n) is 2.54. The zero-order valence-electron chi connectivity index (χ0n) is 9.94. The molecular formula is C11H20N2O3S. The van der Waals surface area contributed by atoms with Crippen molar-refractivity contribution in [3.05, 3.63) is 0 Å². The highest BCUT2D eigenvalue weighted by molar-refractivity contribution is 7.91. The Morgan fingerprint density at radius 3 is 2.76 bits per heavy atom. The summed E-state index contributed by atoms with van der Waals surface area (Å²) in [4.78, 5) is 11.6. The van der Waals surface area contributed by atoms with Gasteiger partial charge in [0.2, 0.25) is 5.91 Å². The lowest BCUT2D eigenvalue weighted by Gasteiger charge is -2.13. The number of hydrogen-bond donors (Lipinski definition) is 2. The molecule has 2 rings (SSSR count). The molecule has 0 aromatic carbocycles. The van der Waals surface area contributed by atoms with Crippen molar-refractivity contribution in [1.82, 2.24) is 10.6 Å². The first kappa shape index (κ1) is 12.8. The van der Waals surface area contributed by atoms with Gasteiger partial charge in [0.15, 0.2) is 9.84 Å². The zero-order chi connectivity index (χ0) is 12.3. The van der Waals surface area contributed by atoms with E-state index in [4.69, 9.17) is 0 Å². The van der Waals surface area contributed by atoms with Gasteiger partial charge in [0.05, 0.1) is 11.5 Å². The summed E-state index contributed by atoms with van der Waals surface area (Å²) in [6.45, 7) is 1.69. The molecule has 2 N–H and O–H groups in total. The molecule has 0 aliphatic carbocycles. The van der Waals surface area contributed by atoms with E-state index in [1.807, 2.05) is 0 Å². The summed E-state index contributed by atoms with van der Waals surface area (Å²) >= 11 is 0. The smallest absolute Gasteiger partial charge is 0.220 e. The topological polar surface area (TPSA) is 75.3 Å². The molecule has 2 atom stereocenters. The molecule has 2 saturated heterocycles. The summed E-state index contributed by atoms with van der Waals surface area (Å²) in [5.41, 5.74) is 0. The van der Waals surface area contributed by atoms with Crippen LogP contribution in [0.3, 0.4) is 0 Å². The Balaban J connectivity index is 1.67. The number of nitrogens with one attached hydrogen (secondary N) is 2. The Morgan fingerprint density at radius 1 is 1.35 bits per heavy atom. The van der Waals surface area contributed by atoms with Crippen molar-refractivity contribution in [1.29, 1.82) is 0 Å². The van der Waals surface area contributed by atoms with Crippen LogP contribution in [0.5, 0.6) is 0 Å². The maximum Gasteiger partial charge on any atom is 0.220 e. The van der Waals surface area contributed by atoms with Crippen molar-refractivity contribution < 1.29 is 13.2 Å². The van der Waals surface area contributed by atoms with Crippen molar-refractivity contribution in [3.63, 3.8) is 0 Å². The van der Waals surface area contributed by atoms with Crippen LogP contribution in [0.25, 0.3) is 0 Å². The van der Waals surface area contributed by atoms with Crippen molar-refractivity contribution in [2.24, 2.45) is 5.92 Å². The summed E-state index contributed by atoms with van der Waals surface area (Å²) < 4.78 is 22.5. The molecule has 2 unspecified atom stereocenters. The first-order chi connectivity index (χ1) is 8.05. The highest BCUT2D eigenvalue weighted by Crippen LogP contribution is 2.21. The van der Waals surface area contributed by atoms with E-state index in [2.05, 4.69) is 10.6 Å². The van der Waals surface area contributed by atoms with E-state index in [9.17, 15) is 13.2 Å². The van der Waals surface area contributed by atoms with E-state index >= 15 is 0 Å². The van der Waals surface area contributed by atoms with Crippen molar-refractivity contribution in [2.45, 2.75) is 31.7 Å². The molecule has 1 amide bonds. The van der Waals surface area contributed by atoms with Crippen molar-refractivity contribution in [2.75, 3.05) is 24.6 Å². The Labute approximate surface area is 102 Å². The van der Waals surface area contributed by atoms with Crippen LogP contribution >= 0.6 is 0 Å². The third kappa shape index (κ3) is 3.96. The van der Waals surface area contributed by atoms with Gasteiger partial charge in [-0.3, -0.25) is 4.79 Å². The number of amides is 1. The monoisotopic (exact) mass is 260 g/mol. The Hall–Kier alpha value is -0.620. The van der Waals surface area contributed by atoms with Crippen LogP contribution in [-0.4, -0.2) is 45.0 Å². The maximum atomic E-state index is 11.6. The molecule has 0 spiro atoms. The predicted octanol–water partition coefficient (Wildman–Crippen LogP) is -0.321. The van der Waals surface area contributed by atoms with Crippen LogP contribution in [-0.2, 0) is 14.6 Å². The minimum Gasteiger partial charge on any atom is -0.355 e. The Kier molecular flexibility index (Phi) is 4.04. The number of sulfone groups is 1. The number of hydrogen-bond acceptors (Lipinski definition) is 4. The highest BCUT2D eigenvalue weighted by Gasteiger charge is 2.29. The molecular weight excluding hydrogens is 240 g/mol. The Morgan fingerprint density at radius 2 is 2.18 bits per heavy atom. The van der Waals surface area contributed by atoms with E-state index < -0.39 is 9.84 Å². The van der Waals surface area contributed by atoms with E-state index in [0.717, 1.165) is 13.0 Å². The largest absolute Gasteiger partial charge is 0.355 e. The average molecular weight is 260 g/mol. The third-order valence-electron chi connectivity index (χ3n) is 3.51. The molecule has 0 bridgehead atoms. The van der Waals surface area contributed by atoms with Gasteiger partial charge in [-0.05, 0) is 31.7 Å². The lowest BCUT2D eigenvalue weighted by atomic mass is 10.0. The standard InChI is InChI=1S/C11H20N2O3S/c14-11(13-7-10-2-1-4-12-10)6-9-3-5-17(15,16)8-9/h9-10,12H,1-8H2,(H,13,14). The van der Waals surface area contributed by atoms with Gasteiger partial charge in [0, 0.05) is 19.0 Å². The SMILES string of the molecule is O=C(CC1CCS(=O)(=O)C1)NCC1CCCN1. The van der Waals surface area contributed by atoms with Gasteiger partial charge in [0.1, 0.15) is 0 Å². The van der Waals surface area contributed by atoms with Crippen LogP contribution in [0.15, 0.2) is 0 Å². The summed E-state index contributed by atoms with van der Waals surface area (Å²) in [5.74, 6) is 0.439. The number of carbonyl (C=O) groups excluding carboxylic acids is 1. The predicted molar refractivity (Wildman–Crippen MR) is 65.4 cm³/mol. The number of rotatable bonds is 4. The lowest BCUT2D eigenvalue weighted by molar-refractivity contribution is -0.121. The molecule has 0 aromatic heterocycles. The number of carbonyl (C=O) groups is 1. The molecule has 0 saturated carbocycles. The first-order valence-corrected chi connectivity index (χ1v) is 8.08. The quantitative estimate of drug-likeness (QED) is 0.726. The summed E-state index contributed by atoms with van der Waals surface area (Å²) in [5, 5.41) is 6.19. The van der Waals surface area contributed by atoms with Gasteiger partial charge < -0.3 is 10.6 Å². The van der Waals surface area contributed by atoms with E-state index in [1.54, 1.807) is 0 Å². The fourth-order valence-corrected chi connectivity index (χ4v) is 4.40. The van der Waals surface area contributed by atoms with Crippen LogP contribution < -0.4 is 10.6 Å². The van der Waals surface area contributed by atoms with Gasteiger partial charge in [-0.15, -0.1) is 0 Å². The first-order valence-electron chi connectivity index (χ1n) is 6.26. The minimum atomic E-state index is -2.86. The van der Waals surface area contributed by atoms with Crippen LogP contribution in [0.4, 0.5) is 0 Å². The van der Waals surface area contributed by atoms with Gasteiger partial charge in [-0.2, -0.15) is 0 Å². The summed E-state index contributed by atoms with van der Waals surface area (Å²) in [6.07, 6.45) is 3.27. The van der Waals surface area contributed by atoms with Gasteiger partial charge in [-0.25, -0.2) is 8.42 Å². The molecule has 6 heteroatoms. The van der Waals surface area contributed by atoms with Crippen molar-refractivity contribution in [3.8, 4) is 0 Å². The molecule has 2 fully saturated rings. The molecule has 17 heavy (non-hydrogen) atoms. The van der Waals surface area contributed by atoms with Crippen molar-refractivity contribution >= 4 is 15.7 Å². The van der Waals surface area contributed by atoms with Gasteiger partial charge in [0.25, 0.3) is 0 Å². The third-order valence-corrected chi connectivity index (χ3v) is 5.35. The molecule has 2 heterocycles. The highest BCUT2D eigenvalue weighted by atomic mass is 32.2.